The number of imide groups is 1. The summed E-state index contributed by atoms with van der Waals surface area (Å²) < 4.78 is 64.9. The number of pyridine rings is 1. The van der Waals surface area contributed by atoms with Crippen molar-refractivity contribution in [2.24, 2.45) is 18.4 Å². The van der Waals surface area contributed by atoms with Gasteiger partial charge in [0.25, 0.3) is 11.8 Å². The van der Waals surface area contributed by atoms with Crippen molar-refractivity contribution in [2.75, 3.05) is 48.6 Å². The summed E-state index contributed by atoms with van der Waals surface area (Å²) >= 11 is 0. The van der Waals surface area contributed by atoms with Crippen LogP contribution in [0.25, 0.3) is 33.3 Å². The Hall–Kier alpha value is -7.62. The second-order valence-corrected chi connectivity index (χ2v) is 20.4. The summed E-state index contributed by atoms with van der Waals surface area (Å²) in [4.78, 5) is 74.5. The molecule has 4 N–H and O–H groups in total. The number of nitrogens with two attached hydrogens (primary N) is 1. The van der Waals surface area contributed by atoms with Gasteiger partial charge in [0.15, 0.2) is 11.0 Å². The first-order valence-corrected chi connectivity index (χ1v) is 25.2. The first-order chi connectivity index (χ1) is 35.1. The van der Waals surface area contributed by atoms with E-state index in [9.17, 15) is 41.4 Å². The number of hydrogen-bond donors (Lipinski definition) is 3. The predicted octanol–water partition coefficient (Wildman–Crippen LogP) is 6.43. The summed E-state index contributed by atoms with van der Waals surface area (Å²) in [5.74, 6) is -4.90. The molecule has 1 spiro atoms. The molecule has 3 fully saturated rings. The minimum absolute atomic E-state index is 0.0188. The fourth-order valence-corrected chi connectivity index (χ4v) is 11.5. The van der Waals surface area contributed by atoms with E-state index >= 15 is 0 Å². The second-order valence-electron chi connectivity index (χ2n) is 19.2. The maximum atomic E-state index is 13.8. The number of anilines is 3. The molecule has 0 radical (unpaired) electrons. The Labute approximate surface area is 419 Å². The lowest BCUT2D eigenvalue weighted by Crippen LogP contribution is -2.64. The normalized spacial score (nSPS) is 17.9. The summed E-state index contributed by atoms with van der Waals surface area (Å²) in [6, 6.07) is 14.4. The van der Waals surface area contributed by atoms with Crippen LogP contribution in [0, 0.1) is 17.2 Å². The quantitative estimate of drug-likeness (QED) is 0.0706. The van der Waals surface area contributed by atoms with Crippen molar-refractivity contribution in [3.8, 4) is 28.1 Å². The molecule has 3 aliphatic heterocycles. The molecule has 0 bridgehead atoms. The number of carbonyl (C=O) groups excluding carboxylic acids is 5. The van der Waals surface area contributed by atoms with Crippen LogP contribution in [0.15, 0.2) is 79.3 Å². The Bertz CT molecular complexity index is 3200. The zero-order valence-corrected chi connectivity index (χ0v) is 40.9. The Morgan fingerprint density at radius 1 is 1.00 bits per heavy atom. The summed E-state index contributed by atoms with van der Waals surface area (Å²) in [7, 11) is 0.466. The summed E-state index contributed by atoms with van der Waals surface area (Å²) in [5.41, 5.74) is 11.3. The SMILES string of the molecule is CNC(=O)C(CCC=O)N1C(=O)c2cccc(N3CC4(CC(C(=O)N5CCC(n6cc(-c7cnc(N)c8c(-c9ccc(NS(=O)C(F)F)c(OC(C)c%10ccc(F)cc%10)c9)nn(C)c78)cn6)CC5)C4)C3)c2C1=O. The number of rotatable bonds is 16. The van der Waals surface area contributed by atoms with Crippen LogP contribution in [0.2, 0.25) is 0 Å². The van der Waals surface area contributed by atoms with Crippen molar-refractivity contribution in [2.45, 2.75) is 69.4 Å². The number of hydrogen-bond acceptors (Lipinski definition) is 12. The minimum atomic E-state index is -3.16. The molecule has 6 aromatic rings. The molecular formula is C51H52F3N11O7S. The van der Waals surface area contributed by atoms with Gasteiger partial charge in [-0.05, 0) is 81.0 Å². The molecule has 3 atom stereocenters. The number of nitrogen functional groups attached to an aromatic ring is 1. The number of aldehydes is 1. The van der Waals surface area contributed by atoms with E-state index in [1.165, 1.54) is 25.2 Å². The van der Waals surface area contributed by atoms with Gasteiger partial charge in [-0.2, -0.15) is 19.0 Å². The van der Waals surface area contributed by atoms with Gasteiger partial charge in [0.05, 0.1) is 45.6 Å². The first kappa shape index (κ1) is 49.0. The highest BCUT2D eigenvalue weighted by Gasteiger charge is 2.56. The van der Waals surface area contributed by atoms with Crippen LogP contribution in [0.4, 0.5) is 30.4 Å². The number of likely N-dealkylation sites (N-methyl/N-ethyl adjacent to an activating group) is 1. The molecule has 3 aromatic carbocycles. The van der Waals surface area contributed by atoms with Gasteiger partial charge < -0.3 is 30.4 Å². The van der Waals surface area contributed by atoms with E-state index in [-0.39, 0.29) is 64.5 Å². The smallest absolute Gasteiger partial charge is 0.330 e. The lowest BCUT2D eigenvalue weighted by Gasteiger charge is -2.60. The van der Waals surface area contributed by atoms with Crippen LogP contribution in [-0.4, -0.2) is 113 Å². The van der Waals surface area contributed by atoms with Crippen molar-refractivity contribution in [1.82, 2.24) is 39.7 Å². The third-order valence-electron chi connectivity index (χ3n) is 14.7. The molecule has 1 saturated carbocycles. The van der Waals surface area contributed by atoms with Gasteiger partial charge in [-0.3, -0.25) is 38.2 Å². The fraction of sp³-hybridized carbons (Fsp3) is 0.373. The van der Waals surface area contributed by atoms with Crippen LogP contribution in [-0.2, 0) is 32.4 Å². The number of piperidine rings is 1. The van der Waals surface area contributed by atoms with Gasteiger partial charge in [0, 0.05) is 87.1 Å². The number of nitrogens with zero attached hydrogens (tertiary/aromatic N) is 8. The van der Waals surface area contributed by atoms with Crippen LogP contribution in [0.3, 0.4) is 0 Å². The highest BCUT2D eigenvalue weighted by Crippen LogP contribution is 2.54. The molecule has 3 unspecified atom stereocenters. The average Bonchev–Trinajstić information content (AvgIpc) is 4.06. The summed E-state index contributed by atoms with van der Waals surface area (Å²) in [6.07, 6.45) is 8.25. The average molecular weight is 1020 g/mol. The van der Waals surface area contributed by atoms with Crippen molar-refractivity contribution >= 4 is 69.0 Å². The number of ether oxygens (including phenoxy) is 1. The Morgan fingerprint density at radius 2 is 1.74 bits per heavy atom. The number of aryl methyl sites for hydroxylation is 1. The highest BCUT2D eigenvalue weighted by molar-refractivity contribution is 7.86. The molecule has 6 heterocycles. The third kappa shape index (κ3) is 8.94. The zero-order chi connectivity index (χ0) is 51.5. The van der Waals surface area contributed by atoms with E-state index in [0.717, 1.165) is 23.3 Å². The zero-order valence-electron chi connectivity index (χ0n) is 40.1. The Kier molecular flexibility index (Phi) is 13.0. The van der Waals surface area contributed by atoms with Crippen LogP contribution in [0.5, 0.6) is 5.75 Å². The first-order valence-electron chi connectivity index (χ1n) is 24.0. The molecule has 22 heteroatoms. The van der Waals surface area contributed by atoms with E-state index in [2.05, 4.69) is 19.9 Å². The number of benzene rings is 3. The number of halogens is 3. The number of alkyl halides is 2. The largest absolute Gasteiger partial charge is 0.484 e. The van der Waals surface area contributed by atoms with Crippen LogP contribution in [0.1, 0.15) is 83.9 Å². The van der Waals surface area contributed by atoms with Crippen molar-refractivity contribution < 1.29 is 46.1 Å². The Balaban J connectivity index is 0.785. The maximum absolute atomic E-state index is 13.8. The van der Waals surface area contributed by atoms with E-state index in [1.807, 2.05) is 15.8 Å². The molecule has 10 rings (SSSR count). The molecular weight excluding hydrogens is 968 g/mol. The molecule has 2 saturated heterocycles. The monoisotopic (exact) mass is 1020 g/mol. The third-order valence-corrected chi connectivity index (χ3v) is 15.4. The van der Waals surface area contributed by atoms with Gasteiger partial charge in [-0.25, -0.2) is 13.6 Å². The predicted molar refractivity (Wildman–Crippen MR) is 265 cm³/mol. The number of fused-ring (bicyclic) bond motifs is 2. The van der Waals surface area contributed by atoms with E-state index < -0.39 is 52.4 Å². The number of nitrogens with one attached hydrogen (secondary N) is 2. The van der Waals surface area contributed by atoms with E-state index in [1.54, 1.807) is 73.5 Å². The number of aromatic nitrogens is 5. The number of likely N-dealkylation sites (tertiary alicyclic amines) is 1. The lowest BCUT2D eigenvalue weighted by molar-refractivity contribution is -0.146. The standard InChI is InChI=1S/C51H52F3N11O7S/c1-28(29-9-12-33(52)13-10-29)72-40-20-30(11-14-37(40)60-73(71)50(53)54)43-42-44(61(3)59-43)36(24-57-45(42)55)32-23-58-64(25-32)34-15-17-62(18-16-34)47(68)31-21-51(22-31)26-63(27-51)38-7-4-6-35-41(38)49(70)65(48(35)69)39(8-5-19-66)46(67)56-2/h4,6-7,9-14,19-20,23-25,28,31,34,39,50,60H,5,8,15-18,21-22,26-27H2,1-3H3,(H2,55,57)(H,56,67). The van der Waals surface area contributed by atoms with E-state index in [4.69, 9.17) is 20.7 Å². The topological polar surface area (TPSA) is 220 Å². The van der Waals surface area contributed by atoms with Gasteiger partial charge in [0.1, 0.15) is 41.5 Å². The van der Waals surface area contributed by atoms with E-state index in [0.29, 0.717) is 84.3 Å². The van der Waals surface area contributed by atoms with Crippen LogP contribution < -0.4 is 25.4 Å². The maximum Gasteiger partial charge on any atom is 0.330 e. The molecule has 4 amide bonds. The molecule has 18 nitrogen and oxygen atoms in total. The number of amides is 4. The fourth-order valence-electron chi connectivity index (χ4n) is 11.0. The van der Waals surface area contributed by atoms with Crippen LogP contribution >= 0.6 is 0 Å². The molecule has 3 aromatic heterocycles. The van der Waals surface area contributed by atoms with Crippen molar-refractivity contribution in [3.63, 3.8) is 0 Å². The molecule has 4 aliphatic rings. The van der Waals surface area contributed by atoms with Gasteiger partial charge in [-0.15, -0.1) is 0 Å². The summed E-state index contributed by atoms with van der Waals surface area (Å²) in [5, 5.41) is 12.6. The highest BCUT2D eigenvalue weighted by atomic mass is 32.2. The Morgan fingerprint density at radius 3 is 2.44 bits per heavy atom. The number of carbonyl (C=O) groups is 5. The second kappa shape index (κ2) is 19.4. The minimum Gasteiger partial charge on any atom is -0.484 e. The molecule has 1 aliphatic carbocycles. The molecule has 380 valence electrons. The van der Waals surface area contributed by atoms with Gasteiger partial charge >= 0.3 is 5.76 Å². The van der Waals surface area contributed by atoms with Crippen molar-refractivity contribution in [1.29, 1.82) is 0 Å². The van der Waals surface area contributed by atoms with Gasteiger partial charge in [-0.1, -0.05) is 24.3 Å². The van der Waals surface area contributed by atoms with Crippen molar-refractivity contribution in [3.05, 3.63) is 102 Å². The summed E-state index contributed by atoms with van der Waals surface area (Å²) in [6.45, 7) is 4.12. The molecule has 73 heavy (non-hydrogen) atoms. The van der Waals surface area contributed by atoms with Gasteiger partial charge in [0.2, 0.25) is 11.8 Å². The lowest BCUT2D eigenvalue weighted by atomic mass is 9.57.